The Morgan fingerprint density at radius 1 is 0.760 bits per heavy atom. The van der Waals surface area contributed by atoms with E-state index in [1.807, 2.05) is 0 Å². The third-order valence-corrected chi connectivity index (χ3v) is 2.93. The minimum absolute atomic E-state index is 0.313. The first-order valence-electron chi connectivity index (χ1n) is 6.37. The normalized spacial score (nSPS) is 16.6. The van der Waals surface area contributed by atoms with E-state index < -0.39 is 41.9 Å². The molecule has 0 aromatic rings. The van der Waals surface area contributed by atoms with E-state index in [2.05, 4.69) is 9.99 Å². The molecule has 0 N–H and O–H groups in total. The van der Waals surface area contributed by atoms with Crippen molar-refractivity contribution in [2.24, 2.45) is 11.1 Å². The Balaban J connectivity index is 6.56. The summed E-state index contributed by atoms with van der Waals surface area (Å²) in [5.41, 5.74) is -0.539. The van der Waals surface area contributed by atoms with Crippen molar-refractivity contribution in [1.82, 2.24) is 0 Å². The lowest BCUT2D eigenvalue weighted by atomic mass is 9.92. The van der Waals surface area contributed by atoms with Crippen molar-refractivity contribution in [1.29, 1.82) is 0 Å². The largest absolute Gasteiger partial charge is 0.460 e. The van der Waals surface area contributed by atoms with Crippen molar-refractivity contribution in [3.05, 3.63) is 0 Å². The van der Waals surface area contributed by atoms with Crippen LogP contribution in [0.1, 0.15) is 26.7 Å². The van der Waals surface area contributed by atoms with Crippen LogP contribution in [0.5, 0.6) is 0 Å². The molecule has 0 spiro atoms. The Labute approximate surface area is 132 Å². The van der Waals surface area contributed by atoms with Crippen molar-refractivity contribution in [2.45, 2.75) is 57.0 Å². The zero-order chi connectivity index (χ0) is 20.5. The molecular formula is C11H11F12NO. The second-order valence-electron chi connectivity index (χ2n) is 4.69. The molecule has 1 atom stereocenters. The summed E-state index contributed by atoms with van der Waals surface area (Å²) in [5, 5.41) is 2.32. The molecule has 2 nitrogen and oxygen atoms in total. The molecule has 0 fully saturated rings. The first-order chi connectivity index (χ1) is 10.9. The average Bonchev–Trinajstić information content (AvgIpc) is 2.34. The van der Waals surface area contributed by atoms with E-state index in [4.69, 9.17) is 0 Å². The van der Waals surface area contributed by atoms with E-state index in [1.54, 1.807) is 0 Å². The predicted octanol–water partition coefficient (Wildman–Crippen LogP) is 5.78. The molecule has 0 aliphatic rings. The van der Waals surface area contributed by atoms with E-state index in [1.165, 1.54) is 13.8 Å². The minimum Gasteiger partial charge on any atom is -0.347 e. The van der Waals surface area contributed by atoms with Gasteiger partial charge in [-0.25, -0.2) is 0 Å². The number of rotatable bonds is 6. The number of nitrogens with zero attached hydrogens (tertiary/aromatic N) is 1. The van der Waals surface area contributed by atoms with Gasteiger partial charge in [0, 0.05) is 0 Å². The standard InChI is InChI=1S/C11H11F12NO/c1-3-5(4-2)24-25-7(12,10(19,20)11(21,22)23)6(8(13,14)15)9(16,17)18/h6H,3-4H2,1-2H3. The summed E-state index contributed by atoms with van der Waals surface area (Å²) in [6, 6.07) is 0. The van der Waals surface area contributed by atoms with Crippen LogP contribution in [0.25, 0.3) is 0 Å². The molecule has 0 saturated heterocycles. The second kappa shape index (κ2) is 7.09. The minimum atomic E-state index is -7.17. The Hall–Kier alpha value is -1.37. The van der Waals surface area contributed by atoms with Gasteiger partial charge in [0.15, 0.2) is 0 Å². The third-order valence-electron chi connectivity index (χ3n) is 2.93. The molecule has 0 bridgehead atoms. The van der Waals surface area contributed by atoms with Gasteiger partial charge in [0.05, 0.1) is 5.71 Å². The van der Waals surface area contributed by atoms with Gasteiger partial charge in [-0.2, -0.15) is 52.7 Å². The molecule has 0 rings (SSSR count). The fourth-order valence-corrected chi connectivity index (χ4v) is 1.60. The molecule has 0 aliphatic carbocycles. The smallest absolute Gasteiger partial charge is 0.347 e. The van der Waals surface area contributed by atoms with Crippen LogP contribution in [0.3, 0.4) is 0 Å². The number of alkyl halides is 12. The molecule has 0 saturated carbocycles. The highest BCUT2D eigenvalue weighted by Gasteiger charge is 2.85. The number of hydrogen-bond donors (Lipinski definition) is 0. The van der Waals surface area contributed by atoms with E-state index >= 15 is 0 Å². The van der Waals surface area contributed by atoms with Crippen molar-refractivity contribution < 1.29 is 57.5 Å². The fraction of sp³-hybridized carbons (Fsp3) is 0.909. The van der Waals surface area contributed by atoms with Gasteiger partial charge in [-0.1, -0.05) is 19.0 Å². The number of halogens is 12. The predicted molar refractivity (Wildman–Crippen MR) is 59.5 cm³/mol. The summed E-state index contributed by atoms with van der Waals surface area (Å²) in [6.07, 6.45) is -21.5. The van der Waals surface area contributed by atoms with Crippen LogP contribution in [0.15, 0.2) is 5.16 Å². The molecule has 0 radical (unpaired) electrons. The lowest BCUT2D eigenvalue weighted by Gasteiger charge is -2.38. The maximum absolute atomic E-state index is 14.1. The lowest BCUT2D eigenvalue weighted by Crippen LogP contribution is -2.65. The van der Waals surface area contributed by atoms with Crippen LogP contribution in [-0.4, -0.2) is 36.0 Å². The van der Waals surface area contributed by atoms with Crippen molar-refractivity contribution >= 4 is 5.71 Å². The zero-order valence-corrected chi connectivity index (χ0v) is 12.4. The molecule has 0 aromatic heterocycles. The molecule has 1 unspecified atom stereocenters. The van der Waals surface area contributed by atoms with Crippen LogP contribution in [-0.2, 0) is 4.84 Å². The highest BCUT2D eigenvalue weighted by Crippen LogP contribution is 2.57. The molecule has 14 heteroatoms. The van der Waals surface area contributed by atoms with Gasteiger partial charge in [-0.05, 0) is 12.8 Å². The Morgan fingerprint density at radius 3 is 1.36 bits per heavy atom. The van der Waals surface area contributed by atoms with Gasteiger partial charge >= 0.3 is 30.3 Å². The number of hydrogen-bond acceptors (Lipinski definition) is 2. The van der Waals surface area contributed by atoms with Gasteiger partial charge in [-0.15, -0.1) is 0 Å². The highest BCUT2D eigenvalue weighted by atomic mass is 19.4. The molecule has 0 amide bonds. The van der Waals surface area contributed by atoms with Crippen LogP contribution in [0, 0.1) is 5.92 Å². The quantitative estimate of drug-likeness (QED) is 0.314. The van der Waals surface area contributed by atoms with Crippen molar-refractivity contribution in [3.63, 3.8) is 0 Å². The summed E-state index contributed by atoms with van der Waals surface area (Å²) in [4.78, 5) is 2.99. The maximum Gasteiger partial charge on any atom is 0.460 e. The van der Waals surface area contributed by atoms with E-state index in [0.717, 1.165) is 0 Å². The Morgan fingerprint density at radius 2 is 1.12 bits per heavy atom. The summed E-state index contributed by atoms with van der Waals surface area (Å²) >= 11 is 0. The maximum atomic E-state index is 14.1. The van der Waals surface area contributed by atoms with E-state index in [-0.39, 0.29) is 12.8 Å². The average molecular weight is 401 g/mol. The SMILES string of the molecule is CCC(CC)=NOC(F)(C(C(F)(F)F)C(F)(F)F)C(F)(F)C(F)(F)F. The van der Waals surface area contributed by atoms with Gasteiger partial charge in [0.1, 0.15) is 0 Å². The zero-order valence-electron chi connectivity index (χ0n) is 12.4. The molecule has 0 heterocycles. The van der Waals surface area contributed by atoms with Gasteiger partial charge in [0.25, 0.3) is 0 Å². The van der Waals surface area contributed by atoms with Gasteiger partial charge < -0.3 is 4.84 Å². The second-order valence-corrected chi connectivity index (χ2v) is 4.69. The summed E-state index contributed by atoms with van der Waals surface area (Å²) in [5.74, 6) is -19.6. The lowest BCUT2D eigenvalue weighted by molar-refractivity contribution is -0.447. The van der Waals surface area contributed by atoms with E-state index in [0.29, 0.717) is 0 Å². The fourth-order valence-electron chi connectivity index (χ4n) is 1.60. The summed E-state index contributed by atoms with van der Waals surface area (Å²) < 4.78 is 153. The van der Waals surface area contributed by atoms with Gasteiger partial charge in [0.2, 0.25) is 5.92 Å². The topological polar surface area (TPSA) is 21.6 Å². The molecule has 0 aliphatic heterocycles. The van der Waals surface area contributed by atoms with Crippen LogP contribution >= 0.6 is 0 Å². The van der Waals surface area contributed by atoms with Crippen molar-refractivity contribution in [3.8, 4) is 0 Å². The molecular weight excluding hydrogens is 390 g/mol. The Bertz CT molecular complexity index is 457. The molecule has 150 valence electrons. The first kappa shape index (κ1) is 23.6. The Kier molecular flexibility index (Phi) is 6.71. The van der Waals surface area contributed by atoms with Crippen LogP contribution in [0.2, 0.25) is 0 Å². The highest BCUT2D eigenvalue weighted by molar-refractivity contribution is 5.83. The first-order valence-corrected chi connectivity index (χ1v) is 6.37. The van der Waals surface area contributed by atoms with Crippen molar-refractivity contribution in [2.75, 3.05) is 0 Å². The van der Waals surface area contributed by atoms with E-state index in [9.17, 15) is 52.7 Å². The summed E-state index contributed by atoms with van der Waals surface area (Å²) in [6.45, 7) is 2.36. The van der Waals surface area contributed by atoms with Crippen LogP contribution < -0.4 is 0 Å². The molecule has 0 aromatic carbocycles. The third kappa shape index (κ3) is 4.84. The molecule has 25 heavy (non-hydrogen) atoms. The van der Waals surface area contributed by atoms with Crippen LogP contribution in [0.4, 0.5) is 52.7 Å². The number of oxime groups is 1. The monoisotopic (exact) mass is 401 g/mol. The summed E-state index contributed by atoms with van der Waals surface area (Å²) in [7, 11) is 0. The van der Waals surface area contributed by atoms with Gasteiger partial charge in [-0.3, -0.25) is 0 Å².